The monoisotopic (exact) mass is 279 g/mol. The van der Waals surface area contributed by atoms with Crippen LogP contribution in [0.1, 0.15) is 19.4 Å². The number of rotatable bonds is 8. The average molecular weight is 279 g/mol. The second-order valence-corrected chi connectivity index (χ2v) is 5.51. The van der Waals surface area contributed by atoms with Crippen LogP contribution in [0.15, 0.2) is 23.1 Å². The molecule has 104 valence electrons. The van der Waals surface area contributed by atoms with Crippen LogP contribution in [0.2, 0.25) is 0 Å². The zero-order valence-corrected chi connectivity index (χ0v) is 12.3. The van der Waals surface area contributed by atoms with Crippen LogP contribution in [0.4, 0.5) is 5.69 Å². The lowest BCUT2D eigenvalue weighted by atomic mass is 10.2. The molecule has 4 nitrogen and oxygen atoms in total. The van der Waals surface area contributed by atoms with Gasteiger partial charge in [-0.05, 0) is 24.8 Å². The molecule has 0 radical (unpaired) electrons. The highest BCUT2D eigenvalue weighted by atomic mass is 32.2. The first kappa shape index (κ1) is 15.8. The van der Waals surface area contributed by atoms with E-state index in [1.165, 1.54) is 0 Å². The number of nitrogens with one attached hydrogen (secondary N) is 2. The molecule has 1 unspecified atom stereocenters. The fraction of sp³-hybridized carbons (Fsp3) is 0.500. The second kappa shape index (κ2) is 8.81. The summed E-state index contributed by atoms with van der Waals surface area (Å²) in [4.78, 5) is 1.02. The molecule has 0 aromatic heterocycles. The van der Waals surface area contributed by atoms with Gasteiger partial charge in [0.1, 0.15) is 6.07 Å². The first-order valence-electron chi connectivity index (χ1n) is 6.47. The Bertz CT molecular complexity index is 429. The minimum absolute atomic E-state index is 0.334. The van der Waals surface area contributed by atoms with E-state index in [-0.39, 0.29) is 6.10 Å². The van der Waals surface area contributed by atoms with Crippen molar-refractivity contribution in [3.8, 4) is 6.07 Å². The summed E-state index contributed by atoms with van der Waals surface area (Å²) < 4.78 is 0. The molecule has 0 saturated carbocycles. The standard InChI is InChI=1S/C14H21N3OS/c1-3-19-14-6-4-5-13(12(14)9-15)17-8-7-16-10-11(2)18/h4-6,11,16-18H,3,7-8,10H2,1-2H3. The Hall–Kier alpha value is -1.22. The average Bonchev–Trinajstić information content (AvgIpc) is 2.38. The molecule has 0 aliphatic rings. The maximum absolute atomic E-state index is 9.25. The van der Waals surface area contributed by atoms with E-state index in [1.54, 1.807) is 18.7 Å². The highest BCUT2D eigenvalue weighted by Gasteiger charge is 2.07. The molecule has 1 aromatic rings. The Morgan fingerprint density at radius 1 is 1.42 bits per heavy atom. The molecular formula is C14H21N3OS. The van der Waals surface area contributed by atoms with E-state index >= 15 is 0 Å². The lowest BCUT2D eigenvalue weighted by molar-refractivity contribution is 0.192. The number of nitrogens with zero attached hydrogens (tertiary/aromatic N) is 1. The van der Waals surface area contributed by atoms with Crippen LogP contribution in [0.3, 0.4) is 0 Å². The molecule has 0 fully saturated rings. The van der Waals surface area contributed by atoms with Crippen molar-refractivity contribution in [2.75, 3.05) is 30.7 Å². The molecule has 3 N–H and O–H groups in total. The number of aliphatic hydroxyl groups is 1. The molecule has 0 bridgehead atoms. The third-order valence-electron chi connectivity index (χ3n) is 2.49. The molecule has 0 spiro atoms. The number of hydrogen-bond donors (Lipinski definition) is 3. The summed E-state index contributed by atoms with van der Waals surface area (Å²) >= 11 is 1.68. The van der Waals surface area contributed by atoms with E-state index in [0.29, 0.717) is 12.1 Å². The zero-order chi connectivity index (χ0) is 14.1. The topological polar surface area (TPSA) is 68.1 Å². The summed E-state index contributed by atoms with van der Waals surface area (Å²) in [5.41, 5.74) is 1.59. The van der Waals surface area contributed by atoms with Crippen molar-refractivity contribution in [3.63, 3.8) is 0 Å². The molecule has 1 rings (SSSR count). The number of thioether (sulfide) groups is 1. The summed E-state index contributed by atoms with van der Waals surface area (Å²) in [5.74, 6) is 0.952. The Kier molecular flexibility index (Phi) is 7.34. The summed E-state index contributed by atoms with van der Waals surface area (Å²) in [7, 11) is 0. The van der Waals surface area contributed by atoms with Gasteiger partial charge in [-0.15, -0.1) is 11.8 Å². The molecule has 0 aliphatic carbocycles. The van der Waals surface area contributed by atoms with Gasteiger partial charge in [0.2, 0.25) is 0 Å². The predicted molar refractivity (Wildman–Crippen MR) is 80.6 cm³/mol. The van der Waals surface area contributed by atoms with Gasteiger partial charge in [-0.2, -0.15) is 5.26 Å². The highest BCUT2D eigenvalue weighted by Crippen LogP contribution is 2.27. The SMILES string of the molecule is CCSc1cccc(NCCNCC(C)O)c1C#N. The maximum Gasteiger partial charge on any atom is 0.102 e. The van der Waals surface area contributed by atoms with Crippen LogP contribution in [-0.4, -0.2) is 36.6 Å². The summed E-state index contributed by atoms with van der Waals surface area (Å²) in [5, 5.41) is 24.8. The number of hydrogen-bond acceptors (Lipinski definition) is 5. The van der Waals surface area contributed by atoms with Crippen LogP contribution >= 0.6 is 11.8 Å². The lowest BCUT2D eigenvalue weighted by Gasteiger charge is -2.12. The van der Waals surface area contributed by atoms with Gasteiger partial charge in [0.25, 0.3) is 0 Å². The fourth-order valence-corrected chi connectivity index (χ4v) is 2.45. The van der Waals surface area contributed by atoms with Gasteiger partial charge in [0, 0.05) is 24.5 Å². The van der Waals surface area contributed by atoms with Crippen molar-refractivity contribution in [1.29, 1.82) is 5.26 Å². The van der Waals surface area contributed by atoms with Crippen LogP contribution in [-0.2, 0) is 0 Å². The Morgan fingerprint density at radius 3 is 2.84 bits per heavy atom. The van der Waals surface area contributed by atoms with Gasteiger partial charge in [0.05, 0.1) is 17.4 Å². The molecule has 0 aliphatic heterocycles. The van der Waals surface area contributed by atoms with E-state index < -0.39 is 0 Å². The number of anilines is 1. The minimum atomic E-state index is -0.334. The highest BCUT2D eigenvalue weighted by molar-refractivity contribution is 7.99. The van der Waals surface area contributed by atoms with E-state index in [4.69, 9.17) is 5.11 Å². The third-order valence-corrected chi connectivity index (χ3v) is 3.43. The molecule has 0 saturated heterocycles. The molecule has 1 atom stereocenters. The van der Waals surface area contributed by atoms with E-state index in [1.807, 2.05) is 18.2 Å². The molecule has 1 aromatic carbocycles. The molecule has 5 heteroatoms. The summed E-state index contributed by atoms with van der Waals surface area (Å²) in [6, 6.07) is 8.13. The van der Waals surface area contributed by atoms with Crippen molar-refractivity contribution in [1.82, 2.24) is 5.32 Å². The Balaban J connectivity index is 2.54. The van der Waals surface area contributed by atoms with Crippen molar-refractivity contribution in [3.05, 3.63) is 23.8 Å². The van der Waals surface area contributed by atoms with Crippen molar-refractivity contribution in [2.45, 2.75) is 24.8 Å². The fourth-order valence-electron chi connectivity index (χ4n) is 1.67. The minimum Gasteiger partial charge on any atom is -0.392 e. The quantitative estimate of drug-likeness (QED) is 0.502. The summed E-state index contributed by atoms with van der Waals surface area (Å²) in [6.07, 6.45) is -0.334. The van der Waals surface area contributed by atoms with E-state index in [2.05, 4.69) is 23.6 Å². The van der Waals surface area contributed by atoms with Gasteiger partial charge in [-0.25, -0.2) is 0 Å². The summed E-state index contributed by atoms with van der Waals surface area (Å²) in [6.45, 7) is 5.88. The zero-order valence-electron chi connectivity index (χ0n) is 11.4. The Labute approximate surface area is 119 Å². The number of aliphatic hydroxyl groups excluding tert-OH is 1. The van der Waals surface area contributed by atoms with Gasteiger partial charge in [-0.3, -0.25) is 0 Å². The van der Waals surface area contributed by atoms with Crippen molar-refractivity contribution < 1.29 is 5.11 Å². The van der Waals surface area contributed by atoms with Crippen LogP contribution in [0.5, 0.6) is 0 Å². The molecular weight excluding hydrogens is 258 g/mol. The van der Waals surface area contributed by atoms with E-state index in [9.17, 15) is 5.26 Å². The van der Waals surface area contributed by atoms with Crippen molar-refractivity contribution in [2.24, 2.45) is 0 Å². The lowest BCUT2D eigenvalue weighted by Crippen LogP contribution is -2.29. The largest absolute Gasteiger partial charge is 0.392 e. The van der Waals surface area contributed by atoms with Crippen LogP contribution < -0.4 is 10.6 Å². The predicted octanol–water partition coefficient (Wildman–Crippen LogP) is 2.05. The van der Waals surface area contributed by atoms with Gasteiger partial charge < -0.3 is 15.7 Å². The number of benzene rings is 1. The molecule has 0 heterocycles. The first-order chi connectivity index (χ1) is 9.19. The Morgan fingerprint density at radius 2 is 2.21 bits per heavy atom. The normalized spacial score (nSPS) is 11.9. The van der Waals surface area contributed by atoms with Crippen molar-refractivity contribution >= 4 is 17.4 Å². The van der Waals surface area contributed by atoms with Crippen LogP contribution in [0, 0.1) is 11.3 Å². The molecule has 19 heavy (non-hydrogen) atoms. The van der Waals surface area contributed by atoms with Gasteiger partial charge in [-0.1, -0.05) is 13.0 Å². The first-order valence-corrected chi connectivity index (χ1v) is 7.46. The van der Waals surface area contributed by atoms with Crippen LogP contribution in [0.25, 0.3) is 0 Å². The maximum atomic E-state index is 9.25. The second-order valence-electron chi connectivity index (χ2n) is 4.20. The third kappa shape index (κ3) is 5.52. The van der Waals surface area contributed by atoms with Gasteiger partial charge in [0.15, 0.2) is 0 Å². The van der Waals surface area contributed by atoms with E-state index in [0.717, 1.165) is 29.4 Å². The van der Waals surface area contributed by atoms with Gasteiger partial charge >= 0.3 is 0 Å². The molecule has 0 amide bonds. The smallest absolute Gasteiger partial charge is 0.102 e. The number of nitriles is 1.